The van der Waals surface area contributed by atoms with Crippen LogP contribution in [0.1, 0.15) is 31.4 Å². The molecule has 11 heteroatoms. The number of hydrogen-bond donors (Lipinski definition) is 2. The first kappa shape index (κ1) is 24.4. The smallest absolute Gasteiger partial charge is 0.357 e. The van der Waals surface area contributed by atoms with E-state index in [1.165, 1.54) is 0 Å². The quantitative estimate of drug-likeness (QED) is 0.493. The number of guanidine groups is 1. The van der Waals surface area contributed by atoms with Crippen molar-refractivity contribution in [1.29, 1.82) is 0 Å². The van der Waals surface area contributed by atoms with Crippen molar-refractivity contribution in [3.8, 4) is 0 Å². The van der Waals surface area contributed by atoms with Crippen molar-refractivity contribution in [3.05, 3.63) is 35.9 Å². The van der Waals surface area contributed by atoms with Gasteiger partial charge in [0.2, 0.25) is 0 Å². The minimum absolute atomic E-state index is 0.0698. The van der Waals surface area contributed by atoms with Crippen molar-refractivity contribution in [2.45, 2.75) is 37.4 Å². The molecule has 2 rings (SSSR count). The monoisotopic (exact) mass is 449 g/mol. The zero-order chi connectivity index (χ0) is 22.4. The topological polar surface area (TPSA) is 77.0 Å². The highest BCUT2D eigenvalue weighted by Crippen LogP contribution is 2.29. The van der Waals surface area contributed by atoms with E-state index in [1.807, 2.05) is 51.4 Å². The summed E-state index contributed by atoms with van der Waals surface area (Å²) in [7, 11) is -1.32. The van der Waals surface area contributed by atoms with Crippen LogP contribution in [0.15, 0.2) is 35.3 Å². The fourth-order valence-electron chi connectivity index (χ4n) is 3.32. The SMILES string of the molecule is CCNC(=NCC(c1ccccc1)N(C)C)NC1CCN(S(=O)(=O)C(F)(F)F)CC1. The van der Waals surface area contributed by atoms with E-state index in [9.17, 15) is 21.6 Å². The van der Waals surface area contributed by atoms with Crippen LogP contribution in [0.2, 0.25) is 0 Å². The molecule has 0 aromatic heterocycles. The Kier molecular flexibility index (Phi) is 8.51. The van der Waals surface area contributed by atoms with Crippen LogP contribution >= 0.6 is 0 Å². The van der Waals surface area contributed by atoms with Crippen LogP contribution in [0.4, 0.5) is 13.2 Å². The lowest BCUT2D eigenvalue weighted by Crippen LogP contribution is -2.51. The van der Waals surface area contributed by atoms with E-state index in [4.69, 9.17) is 0 Å². The third kappa shape index (κ3) is 6.32. The van der Waals surface area contributed by atoms with E-state index in [0.29, 0.717) is 23.4 Å². The van der Waals surface area contributed by atoms with Crippen molar-refractivity contribution < 1.29 is 21.6 Å². The van der Waals surface area contributed by atoms with Crippen molar-refractivity contribution in [2.24, 2.45) is 4.99 Å². The van der Waals surface area contributed by atoms with Gasteiger partial charge >= 0.3 is 15.5 Å². The molecule has 1 fully saturated rings. The second-order valence-corrected chi connectivity index (χ2v) is 9.31. The van der Waals surface area contributed by atoms with Gasteiger partial charge in [-0.15, -0.1) is 0 Å². The summed E-state index contributed by atoms with van der Waals surface area (Å²) in [5.41, 5.74) is -4.13. The fraction of sp³-hybridized carbons (Fsp3) is 0.632. The lowest BCUT2D eigenvalue weighted by Gasteiger charge is -2.32. The van der Waals surface area contributed by atoms with E-state index in [0.717, 1.165) is 5.56 Å². The number of alkyl halides is 3. The number of piperidine rings is 1. The van der Waals surface area contributed by atoms with Crippen LogP contribution in [0.25, 0.3) is 0 Å². The number of sulfonamides is 1. The Morgan fingerprint density at radius 3 is 2.33 bits per heavy atom. The zero-order valence-corrected chi connectivity index (χ0v) is 18.3. The van der Waals surface area contributed by atoms with E-state index in [1.54, 1.807) is 0 Å². The summed E-state index contributed by atoms with van der Waals surface area (Å²) in [6.07, 6.45) is 0.547. The van der Waals surface area contributed by atoms with Crippen LogP contribution in [0.3, 0.4) is 0 Å². The van der Waals surface area contributed by atoms with Gasteiger partial charge in [-0.05, 0) is 39.4 Å². The molecule has 1 heterocycles. The highest BCUT2D eigenvalue weighted by atomic mass is 32.2. The van der Waals surface area contributed by atoms with Gasteiger partial charge in [0.15, 0.2) is 5.96 Å². The van der Waals surface area contributed by atoms with E-state index in [2.05, 4.69) is 20.5 Å². The highest BCUT2D eigenvalue weighted by molar-refractivity contribution is 7.90. The Morgan fingerprint density at radius 2 is 1.83 bits per heavy atom. The summed E-state index contributed by atoms with van der Waals surface area (Å²) < 4.78 is 61.8. The summed E-state index contributed by atoms with van der Waals surface area (Å²) in [5.74, 6) is 0.567. The lowest BCUT2D eigenvalue weighted by atomic mass is 10.1. The molecule has 30 heavy (non-hydrogen) atoms. The largest absolute Gasteiger partial charge is 0.511 e. The summed E-state index contributed by atoms with van der Waals surface area (Å²) in [4.78, 5) is 6.73. The maximum atomic E-state index is 12.7. The Bertz CT molecular complexity index is 792. The first-order valence-electron chi connectivity index (χ1n) is 9.89. The van der Waals surface area contributed by atoms with Crippen LogP contribution in [0.5, 0.6) is 0 Å². The van der Waals surface area contributed by atoms with Gasteiger partial charge < -0.3 is 15.5 Å². The number of halogens is 3. The number of likely N-dealkylation sites (N-methyl/N-ethyl adjacent to an activating group) is 1. The number of aliphatic imine (C=N–C) groups is 1. The molecule has 1 aliphatic rings. The normalized spacial score (nSPS) is 18.4. The predicted molar refractivity (Wildman–Crippen MR) is 112 cm³/mol. The molecule has 1 aromatic rings. The van der Waals surface area contributed by atoms with Crippen molar-refractivity contribution in [2.75, 3.05) is 40.3 Å². The molecule has 1 aromatic carbocycles. The number of rotatable bonds is 7. The molecule has 1 atom stereocenters. The minimum atomic E-state index is -5.27. The second kappa shape index (κ2) is 10.5. The highest BCUT2D eigenvalue weighted by Gasteiger charge is 2.50. The zero-order valence-electron chi connectivity index (χ0n) is 17.5. The predicted octanol–water partition coefficient (Wildman–Crippen LogP) is 2.16. The minimum Gasteiger partial charge on any atom is -0.357 e. The molecule has 0 amide bonds. The molecule has 0 radical (unpaired) electrons. The molecule has 1 unspecified atom stereocenters. The number of nitrogens with one attached hydrogen (secondary N) is 2. The van der Waals surface area contributed by atoms with Gasteiger partial charge in [-0.3, -0.25) is 4.99 Å². The Balaban J connectivity index is 2.01. The van der Waals surface area contributed by atoms with Gasteiger partial charge in [-0.2, -0.15) is 17.5 Å². The second-order valence-electron chi connectivity index (χ2n) is 7.38. The summed E-state index contributed by atoms with van der Waals surface area (Å²) >= 11 is 0. The van der Waals surface area contributed by atoms with Gasteiger partial charge in [-0.1, -0.05) is 30.3 Å². The standard InChI is InChI=1S/C19H30F3N5O2S/c1-4-23-18(24-14-17(26(2)3)15-8-6-5-7-9-15)25-16-10-12-27(13-11-16)30(28,29)19(20,21)22/h5-9,16-17H,4,10-14H2,1-3H3,(H2,23,24,25). The molecule has 1 aliphatic heterocycles. The van der Waals surface area contributed by atoms with E-state index >= 15 is 0 Å². The number of hydrogen-bond acceptors (Lipinski definition) is 4. The van der Waals surface area contributed by atoms with Gasteiger partial charge in [0.25, 0.3) is 0 Å². The summed E-state index contributed by atoms with van der Waals surface area (Å²) in [5, 5.41) is 6.38. The summed E-state index contributed by atoms with van der Waals surface area (Å²) in [6.45, 7) is 2.70. The molecule has 0 spiro atoms. The first-order valence-corrected chi connectivity index (χ1v) is 11.3. The summed E-state index contributed by atoms with van der Waals surface area (Å²) in [6, 6.07) is 9.90. The van der Waals surface area contributed by atoms with E-state index in [-0.39, 0.29) is 38.0 Å². The Morgan fingerprint density at radius 1 is 1.23 bits per heavy atom. The first-order chi connectivity index (χ1) is 14.1. The maximum Gasteiger partial charge on any atom is 0.511 e. The van der Waals surface area contributed by atoms with Crippen molar-refractivity contribution in [1.82, 2.24) is 19.8 Å². The third-order valence-electron chi connectivity index (χ3n) is 5.00. The molecule has 0 bridgehead atoms. The van der Waals surface area contributed by atoms with Crippen molar-refractivity contribution in [3.63, 3.8) is 0 Å². The van der Waals surface area contributed by atoms with Crippen LogP contribution in [0, 0.1) is 0 Å². The van der Waals surface area contributed by atoms with E-state index < -0.39 is 15.5 Å². The Hall–Kier alpha value is -1.85. The van der Waals surface area contributed by atoms with Crippen molar-refractivity contribution >= 4 is 16.0 Å². The molecule has 0 saturated carbocycles. The fourth-order valence-corrected chi connectivity index (χ4v) is 4.30. The van der Waals surface area contributed by atoms with Gasteiger partial charge in [0.1, 0.15) is 0 Å². The average molecular weight is 450 g/mol. The third-order valence-corrected chi connectivity index (χ3v) is 6.63. The molecule has 170 valence electrons. The molecule has 2 N–H and O–H groups in total. The number of benzene rings is 1. The van der Waals surface area contributed by atoms with Gasteiger partial charge in [0.05, 0.1) is 12.6 Å². The lowest BCUT2D eigenvalue weighted by molar-refractivity contribution is -0.0494. The van der Waals surface area contributed by atoms with Gasteiger partial charge in [0, 0.05) is 25.7 Å². The molecule has 1 saturated heterocycles. The molecular formula is C19H30F3N5O2S. The van der Waals surface area contributed by atoms with Gasteiger partial charge in [-0.25, -0.2) is 8.42 Å². The maximum absolute atomic E-state index is 12.7. The van der Waals surface area contributed by atoms with Crippen LogP contribution < -0.4 is 10.6 Å². The van der Waals surface area contributed by atoms with Crippen LogP contribution in [-0.2, 0) is 10.0 Å². The van der Waals surface area contributed by atoms with Crippen LogP contribution in [-0.4, -0.2) is 75.4 Å². The molecular weight excluding hydrogens is 419 g/mol. The molecule has 0 aliphatic carbocycles. The Labute approximate surface area is 176 Å². The number of nitrogens with zero attached hydrogens (tertiary/aromatic N) is 3. The average Bonchev–Trinajstić information content (AvgIpc) is 2.68. The molecule has 7 nitrogen and oxygen atoms in total.